The van der Waals surface area contributed by atoms with Gasteiger partial charge in [-0.15, -0.1) is 0 Å². The van der Waals surface area contributed by atoms with Crippen LogP contribution in [0.15, 0.2) is 6.20 Å². The normalized spacial score (nSPS) is 17.2. The summed E-state index contributed by atoms with van der Waals surface area (Å²) in [5.74, 6) is 0.869. The fourth-order valence-corrected chi connectivity index (χ4v) is 1.19. The molecule has 3 nitrogen and oxygen atoms in total. The molecular formula is C8H13N3. The molecule has 3 heteroatoms. The highest BCUT2D eigenvalue weighted by Crippen LogP contribution is 2.31. The van der Waals surface area contributed by atoms with Gasteiger partial charge in [-0.25, -0.2) is 0 Å². The third kappa shape index (κ3) is 1.23. The molecule has 1 saturated carbocycles. The second kappa shape index (κ2) is 2.26. The van der Waals surface area contributed by atoms with Crippen LogP contribution in [0.25, 0.3) is 0 Å². The number of hydrogen-bond acceptors (Lipinski definition) is 2. The molecule has 1 aromatic rings. The van der Waals surface area contributed by atoms with Crippen molar-refractivity contribution in [2.45, 2.75) is 26.3 Å². The van der Waals surface area contributed by atoms with Crippen molar-refractivity contribution < 1.29 is 0 Å². The summed E-state index contributed by atoms with van der Waals surface area (Å²) in [6.07, 6.45) is 4.45. The van der Waals surface area contributed by atoms with Crippen LogP contribution in [0.5, 0.6) is 0 Å². The van der Waals surface area contributed by atoms with E-state index in [2.05, 4.69) is 5.10 Å². The Morgan fingerprint density at radius 1 is 1.73 bits per heavy atom. The Morgan fingerprint density at radius 3 is 2.91 bits per heavy atom. The average Bonchev–Trinajstić information content (AvgIpc) is 2.74. The summed E-state index contributed by atoms with van der Waals surface area (Å²) >= 11 is 0. The Bertz CT molecular complexity index is 260. The van der Waals surface area contributed by atoms with Crippen LogP contribution in [0.3, 0.4) is 0 Å². The van der Waals surface area contributed by atoms with Crippen molar-refractivity contribution in [2.75, 3.05) is 5.73 Å². The minimum absolute atomic E-state index is 0.811. The van der Waals surface area contributed by atoms with Crippen molar-refractivity contribution in [3.8, 4) is 0 Å². The standard InChI is InChI=1S/C8H13N3/c1-6-8(9)4-10-11(6)5-7-2-3-7/h4,7H,2-3,5,9H2,1H3. The van der Waals surface area contributed by atoms with Gasteiger partial charge >= 0.3 is 0 Å². The number of nitrogens with zero attached hydrogens (tertiary/aromatic N) is 2. The molecule has 0 aliphatic heterocycles. The molecule has 0 spiro atoms. The van der Waals surface area contributed by atoms with Crippen LogP contribution >= 0.6 is 0 Å². The predicted molar refractivity (Wildman–Crippen MR) is 44.1 cm³/mol. The lowest BCUT2D eigenvalue weighted by Gasteiger charge is -2.01. The SMILES string of the molecule is Cc1c(N)cnn1CC1CC1. The number of nitrogens with two attached hydrogens (primary N) is 1. The van der Waals surface area contributed by atoms with Gasteiger partial charge in [0.1, 0.15) is 0 Å². The Hall–Kier alpha value is -0.990. The van der Waals surface area contributed by atoms with Crippen molar-refractivity contribution in [1.82, 2.24) is 9.78 Å². The molecule has 0 amide bonds. The van der Waals surface area contributed by atoms with Crippen LogP contribution in [0.4, 0.5) is 5.69 Å². The first-order valence-corrected chi connectivity index (χ1v) is 4.05. The van der Waals surface area contributed by atoms with E-state index in [9.17, 15) is 0 Å². The van der Waals surface area contributed by atoms with Gasteiger partial charge in [0.25, 0.3) is 0 Å². The zero-order chi connectivity index (χ0) is 7.84. The number of nitrogen functional groups attached to an aromatic ring is 1. The molecule has 0 aromatic carbocycles. The molecule has 0 bridgehead atoms. The number of rotatable bonds is 2. The lowest BCUT2D eigenvalue weighted by molar-refractivity contribution is 0.550. The molecule has 2 rings (SSSR count). The van der Waals surface area contributed by atoms with Gasteiger partial charge in [-0.1, -0.05) is 0 Å². The molecule has 1 aliphatic rings. The molecule has 0 atom stereocenters. The zero-order valence-corrected chi connectivity index (χ0v) is 6.75. The first-order chi connectivity index (χ1) is 5.27. The molecule has 0 unspecified atom stereocenters. The molecule has 60 valence electrons. The van der Waals surface area contributed by atoms with Gasteiger partial charge in [0.15, 0.2) is 0 Å². The van der Waals surface area contributed by atoms with E-state index >= 15 is 0 Å². The lowest BCUT2D eigenvalue weighted by Crippen LogP contribution is -2.04. The summed E-state index contributed by atoms with van der Waals surface area (Å²) in [5.41, 5.74) is 7.57. The molecule has 1 aliphatic carbocycles. The summed E-state index contributed by atoms with van der Waals surface area (Å²) in [7, 11) is 0. The van der Waals surface area contributed by atoms with E-state index in [0.29, 0.717) is 0 Å². The minimum atomic E-state index is 0.811. The third-order valence-electron chi connectivity index (χ3n) is 2.27. The van der Waals surface area contributed by atoms with Crippen molar-refractivity contribution in [2.24, 2.45) is 5.92 Å². The maximum atomic E-state index is 5.65. The quantitative estimate of drug-likeness (QED) is 0.689. The van der Waals surface area contributed by atoms with E-state index in [4.69, 9.17) is 5.73 Å². The first-order valence-electron chi connectivity index (χ1n) is 4.05. The highest BCUT2D eigenvalue weighted by Gasteiger charge is 2.22. The van der Waals surface area contributed by atoms with E-state index in [0.717, 1.165) is 23.8 Å². The largest absolute Gasteiger partial charge is 0.396 e. The molecule has 0 saturated heterocycles. The summed E-state index contributed by atoms with van der Waals surface area (Å²) in [4.78, 5) is 0. The van der Waals surface area contributed by atoms with Crippen LogP contribution in [0, 0.1) is 12.8 Å². The Morgan fingerprint density at radius 2 is 2.45 bits per heavy atom. The van der Waals surface area contributed by atoms with Crippen molar-refractivity contribution >= 4 is 5.69 Å². The highest BCUT2D eigenvalue weighted by molar-refractivity contribution is 5.39. The summed E-state index contributed by atoms with van der Waals surface area (Å²) < 4.78 is 2.01. The average molecular weight is 151 g/mol. The van der Waals surface area contributed by atoms with Gasteiger partial charge in [-0.05, 0) is 25.7 Å². The van der Waals surface area contributed by atoms with Crippen molar-refractivity contribution in [1.29, 1.82) is 0 Å². The Balaban J connectivity index is 2.15. The molecule has 0 radical (unpaired) electrons. The lowest BCUT2D eigenvalue weighted by atomic mass is 10.4. The molecule has 1 heterocycles. The van der Waals surface area contributed by atoms with E-state index < -0.39 is 0 Å². The summed E-state index contributed by atoms with van der Waals surface area (Å²) in [5, 5.41) is 4.19. The van der Waals surface area contributed by atoms with Gasteiger partial charge < -0.3 is 5.73 Å². The maximum absolute atomic E-state index is 5.65. The number of anilines is 1. The van der Waals surface area contributed by atoms with E-state index in [-0.39, 0.29) is 0 Å². The minimum Gasteiger partial charge on any atom is -0.396 e. The first kappa shape index (κ1) is 6.70. The summed E-state index contributed by atoms with van der Waals surface area (Å²) in [6, 6.07) is 0. The van der Waals surface area contributed by atoms with E-state index in [1.165, 1.54) is 12.8 Å². The number of hydrogen-bond donors (Lipinski definition) is 1. The van der Waals surface area contributed by atoms with Crippen LogP contribution < -0.4 is 5.73 Å². The van der Waals surface area contributed by atoms with Crippen LogP contribution in [0.2, 0.25) is 0 Å². The van der Waals surface area contributed by atoms with E-state index in [1.54, 1.807) is 6.20 Å². The van der Waals surface area contributed by atoms with Gasteiger partial charge in [-0.2, -0.15) is 5.10 Å². The zero-order valence-electron chi connectivity index (χ0n) is 6.75. The smallest absolute Gasteiger partial charge is 0.0730 e. The van der Waals surface area contributed by atoms with Crippen LogP contribution in [-0.4, -0.2) is 9.78 Å². The molecule has 1 fully saturated rings. The van der Waals surface area contributed by atoms with Crippen molar-refractivity contribution in [3.63, 3.8) is 0 Å². The molecular weight excluding hydrogens is 138 g/mol. The predicted octanol–water partition coefficient (Wildman–Crippen LogP) is 1.18. The number of aromatic nitrogens is 2. The van der Waals surface area contributed by atoms with Gasteiger partial charge in [0.05, 0.1) is 17.6 Å². The second-order valence-electron chi connectivity index (χ2n) is 3.31. The van der Waals surface area contributed by atoms with Gasteiger partial charge in [0, 0.05) is 6.54 Å². The molecule has 1 aromatic heterocycles. The second-order valence-corrected chi connectivity index (χ2v) is 3.31. The maximum Gasteiger partial charge on any atom is 0.0730 e. The van der Waals surface area contributed by atoms with Gasteiger partial charge in [0.2, 0.25) is 0 Å². The monoisotopic (exact) mass is 151 g/mol. The fraction of sp³-hybridized carbons (Fsp3) is 0.625. The fourth-order valence-electron chi connectivity index (χ4n) is 1.19. The van der Waals surface area contributed by atoms with Crippen LogP contribution in [-0.2, 0) is 6.54 Å². The van der Waals surface area contributed by atoms with Crippen LogP contribution in [0.1, 0.15) is 18.5 Å². The molecule has 11 heavy (non-hydrogen) atoms. The Labute approximate surface area is 66.2 Å². The topological polar surface area (TPSA) is 43.8 Å². The molecule has 2 N–H and O–H groups in total. The Kier molecular flexibility index (Phi) is 1.37. The summed E-state index contributed by atoms with van der Waals surface area (Å²) in [6.45, 7) is 3.08. The van der Waals surface area contributed by atoms with Gasteiger partial charge in [-0.3, -0.25) is 4.68 Å². The highest BCUT2D eigenvalue weighted by atomic mass is 15.3. The third-order valence-corrected chi connectivity index (χ3v) is 2.27. The van der Waals surface area contributed by atoms with E-state index in [1.807, 2.05) is 11.6 Å². The van der Waals surface area contributed by atoms with Crippen molar-refractivity contribution in [3.05, 3.63) is 11.9 Å².